The predicted molar refractivity (Wildman–Crippen MR) is 79.9 cm³/mol. The average Bonchev–Trinajstić information content (AvgIpc) is 2.49. The van der Waals surface area contributed by atoms with Crippen molar-refractivity contribution in [3.8, 4) is 0 Å². The number of piperidine rings is 1. The lowest BCUT2D eigenvalue weighted by Gasteiger charge is -2.27. The summed E-state index contributed by atoms with van der Waals surface area (Å²) in [5.41, 5.74) is 0. The Balaban J connectivity index is 2.39. The van der Waals surface area contributed by atoms with Crippen molar-refractivity contribution in [2.75, 3.05) is 39.9 Å². The second-order valence-corrected chi connectivity index (χ2v) is 5.82. The maximum Gasteiger partial charge on any atom is 0.307 e. The number of ether oxygens (including phenoxy) is 2. The molecule has 1 N–H and O–H groups in total. The third kappa shape index (κ3) is 7.43. The van der Waals surface area contributed by atoms with Gasteiger partial charge in [0.05, 0.1) is 19.6 Å². The molecule has 0 bridgehead atoms. The largest absolute Gasteiger partial charge is 0.469 e. The molecule has 122 valence electrons. The van der Waals surface area contributed by atoms with Crippen LogP contribution >= 0.6 is 0 Å². The first-order valence-corrected chi connectivity index (χ1v) is 7.69. The predicted octanol–water partition coefficient (Wildman–Crippen LogP) is 0.803. The summed E-state index contributed by atoms with van der Waals surface area (Å²) in [6.07, 6.45) is 2.28. The van der Waals surface area contributed by atoms with Crippen LogP contribution < -0.4 is 5.32 Å². The van der Waals surface area contributed by atoms with Crippen molar-refractivity contribution in [3.63, 3.8) is 0 Å². The van der Waals surface area contributed by atoms with Crippen LogP contribution in [0.15, 0.2) is 0 Å². The van der Waals surface area contributed by atoms with Crippen molar-refractivity contribution in [3.05, 3.63) is 0 Å². The first-order valence-electron chi connectivity index (χ1n) is 7.69. The minimum absolute atomic E-state index is 0.0499. The molecule has 6 nitrogen and oxygen atoms in total. The van der Waals surface area contributed by atoms with Crippen molar-refractivity contribution in [1.29, 1.82) is 0 Å². The van der Waals surface area contributed by atoms with Crippen LogP contribution in [-0.4, -0.2) is 62.8 Å². The van der Waals surface area contributed by atoms with Gasteiger partial charge in [-0.15, -0.1) is 0 Å². The highest BCUT2D eigenvalue weighted by atomic mass is 16.5. The minimum atomic E-state index is -0.296. The molecule has 0 aromatic carbocycles. The van der Waals surface area contributed by atoms with Gasteiger partial charge < -0.3 is 19.7 Å². The molecule has 1 aliphatic heterocycles. The molecule has 1 saturated heterocycles. The Bertz CT molecular complexity index is 328. The minimum Gasteiger partial charge on any atom is -0.469 e. The van der Waals surface area contributed by atoms with E-state index in [9.17, 15) is 9.59 Å². The Morgan fingerprint density at radius 2 is 1.95 bits per heavy atom. The molecule has 6 heteroatoms. The SMILES string of the molecule is COC(=O)CCN(CC(C)C)C(=O)COC1CCNCC1. The fraction of sp³-hybridized carbons (Fsp3) is 0.867. The monoisotopic (exact) mass is 300 g/mol. The Morgan fingerprint density at radius 3 is 2.52 bits per heavy atom. The van der Waals surface area contributed by atoms with Crippen LogP contribution in [-0.2, 0) is 19.1 Å². The fourth-order valence-electron chi connectivity index (χ4n) is 2.33. The van der Waals surface area contributed by atoms with Crippen LogP contribution in [0.3, 0.4) is 0 Å². The van der Waals surface area contributed by atoms with E-state index in [1.54, 1.807) is 4.90 Å². The van der Waals surface area contributed by atoms with Gasteiger partial charge >= 0.3 is 5.97 Å². The highest BCUT2D eigenvalue weighted by molar-refractivity contribution is 5.78. The summed E-state index contributed by atoms with van der Waals surface area (Å²) in [6.45, 7) is 7.09. The molecule has 0 aromatic heterocycles. The quantitative estimate of drug-likeness (QED) is 0.672. The summed E-state index contributed by atoms with van der Waals surface area (Å²) in [7, 11) is 1.36. The van der Waals surface area contributed by atoms with Gasteiger partial charge in [0, 0.05) is 13.1 Å². The van der Waals surface area contributed by atoms with Crippen LogP contribution in [0, 0.1) is 5.92 Å². The highest BCUT2D eigenvalue weighted by Gasteiger charge is 2.19. The summed E-state index contributed by atoms with van der Waals surface area (Å²) in [4.78, 5) is 25.2. The van der Waals surface area contributed by atoms with Crippen molar-refractivity contribution in [1.82, 2.24) is 10.2 Å². The van der Waals surface area contributed by atoms with Gasteiger partial charge in [0.25, 0.3) is 0 Å². The molecule has 1 fully saturated rings. The number of esters is 1. The number of methoxy groups -OCH3 is 1. The second kappa shape index (κ2) is 9.73. The molecule has 0 unspecified atom stereocenters. The lowest BCUT2D eigenvalue weighted by molar-refractivity contribution is -0.143. The summed E-state index contributed by atoms with van der Waals surface area (Å²) < 4.78 is 10.3. The Labute approximate surface area is 127 Å². The summed E-state index contributed by atoms with van der Waals surface area (Å²) in [6, 6.07) is 0. The molecule has 0 atom stereocenters. The second-order valence-electron chi connectivity index (χ2n) is 5.82. The van der Waals surface area contributed by atoms with Gasteiger partial charge in [-0.2, -0.15) is 0 Å². The molecule has 0 radical (unpaired) electrons. The molecular weight excluding hydrogens is 272 g/mol. The Hall–Kier alpha value is -1.14. The first kappa shape index (κ1) is 17.9. The molecule has 1 aliphatic rings. The summed E-state index contributed by atoms with van der Waals surface area (Å²) in [5, 5.41) is 3.26. The van der Waals surface area contributed by atoms with Crippen LogP contribution in [0.1, 0.15) is 33.1 Å². The summed E-state index contributed by atoms with van der Waals surface area (Å²) >= 11 is 0. The highest BCUT2D eigenvalue weighted by Crippen LogP contribution is 2.08. The number of hydrogen-bond acceptors (Lipinski definition) is 5. The number of hydrogen-bond donors (Lipinski definition) is 1. The fourth-order valence-corrected chi connectivity index (χ4v) is 2.33. The number of nitrogens with zero attached hydrogens (tertiary/aromatic N) is 1. The third-order valence-electron chi connectivity index (χ3n) is 3.48. The van der Waals surface area contributed by atoms with E-state index in [-0.39, 0.29) is 31.0 Å². The van der Waals surface area contributed by atoms with E-state index in [0.29, 0.717) is 19.0 Å². The number of carbonyl (C=O) groups is 2. The maximum absolute atomic E-state index is 12.3. The molecule has 0 aromatic rings. The van der Waals surface area contributed by atoms with E-state index in [2.05, 4.69) is 10.1 Å². The molecule has 0 aliphatic carbocycles. The van der Waals surface area contributed by atoms with E-state index in [1.807, 2.05) is 13.8 Å². The van der Waals surface area contributed by atoms with Gasteiger partial charge in [0.15, 0.2) is 0 Å². The van der Waals surface area contributed by atoms with Crippen molar-refractivity contribution >= 4 is 11.9 Å². The van der Waals surface area contributed by atoms with Crippen molar-refractivity contribution < 1.29 is 19.1 Å². The van der Waals surface area contributed by atoms with Gasteiger partial charge in [-0.3, -0.25) is 9.59 Å². The zero-order chi connectivity index (χ0) is 15.7. The smallest absolute Gasteiger partial charge is 0.307 e. The van der Waals surface area contributed by atoms with Crippen molar-refractivity contribution in [2.24, 2.45) is 5.92 Å². The topological polar surface area (TPSA) is 67.9 Å². The molecule has 1 heterocycles. The Kier molecular flexibility index (Phi) is 8.30. The van der Waals surface area contributed by atoms with E-state index in [0.717, 1.165) is 25.9 Å². The van der Waals surface area contributed by atoms with Crippen LogP contribution in [0.25, 0.3) is 0 Å². The van der Waals surface area contributed by atoms with Crippen molar-refractivity contribution in [2.45, 2.75) is 39.2 Å². The van der Waals surface area contributed by atoms with Gasteiger partial charge in [-0.1, -0.05) is 13.8 Å². The van der Waals surface area contributed by atoms with Crippen LogP contribution in [0.4, 0.5) is 0 Å². The van der Waals surface area contributed by atoms with Gasteiger partial charge in [0.2, 0.25) is 5.91 Å². The number of amides is 1. The van der Waals surface area contributed by atoms with E-state index < -0.39 is 0 Å². The lowest BCUT2D eigenvalue weighted by atomic mass is 10.1. The van der Waals surface area contributed by atoms with E-state index >= 15 is 0 Å². The number of rotatable bonds is 8. The molecular formula is C15H28N2O4. The van der Waals surface area contributed by atoms with Crippen LogP contribution in [0.2, 0.25) is 0 Å². The van der Waals surface area contributed by atoms with E-state index in [1.165, 1.54) is 7.11 Å². The van der Waals surface area contributed by atoms with Gasteiger partial charge in [0.1, 0.15) is 6.61 Å². The maximum atomic E-state index is 12.3. The zero-order valence-corrected chi connectivity index (χ0v) is 13.4. The van der Waals surface area contributed by atoms with Gasteiger partial charge in [-0.25, -0.2) is 0 Å². The number of carbonyl (C=O) groups excluding carboxylic acids is 2. The zero-order valence-electron chi connectivity index (χ0n) is 13.4. The number of nitrogens with one attached hydrogen (secondary N) is 1. The first-order chi connectivity index (χ1) is 10.0. The molecule has 21 heavy (non-hydrogen) atoms. The van der Waals surface area contributed by atoms with Gasteiger partial charge in [-0.05, 0) is 31.8 Å². The molecule has 1 amide bonds. The third-order valence-corrected chi connectivity index (χ3v) is 3.48. The van der Waals surface area contributed by atoms with E-state index in [4.69, 9.17) is 4.74 Å². The van der Waals surface area contributed by atoms with Crippen LogP contribution in [0.5, 0.6) is 0 Å². The lowest BCUT2D eigenvalue weighted by Crippen LogP contribution is -2.40. The summed E-state index contributed by atoms with van der Waals surface area (Å²) in [5.74, 6) is 0.00689. The normalized spacial score (nSPS) is 16.0. The average molecular weight is 300 g/mol. The molecule has 0 saturated carbocycles. The Morgan fingerprint density at radius 1 is 1.29 bits per heavy atom. The standard InChI is InChI=1S/C15H28N2O4/c1-12(2)10-17(9-6-15(19)20-3)14(18)11-21-13-4-7-16-8-5-13/h12-13,16H,4-11H2,1-3H3. The molecule has 0 spiro atoms. The molecule has 1 rings (SSSR count).